The molecule has 98 valence electrons. The second-order valence-corrected chi connectivity index (χ2v) is 3.82. The molecule has 0 aromatic heterocycles. The maximum atomic E-state index is 11.9. The number of hydrogen-bond acceptors (Lipinski definition) is 3. The van der Waals surface area contributed by atoms with Crippen molar-refractivity contribution in [2.75, 3.05) is 18.4 Å². The van der Waals surface area contributed by atoms with Gasteiger partial charge in [0.15, 0.2) is 0 Å². The summed E-state index contributed by atoms with van der Waals surface area (Å²) in [5, 5.41) is 2.70. The Labute approximate surface area is 106 Å². The highest BCUT2D eigenvalue weighted by molar-refractivity contribution is 5.92. The SMILES string of the molecule is CCN(CC(N)=O)C(=O)Nc1cccc(CN)c1. The molecule has 0 fully saturated rings. The van der Waals surface area contributed by atoms with E-state index in [1.165, 1.54) is 4.90 Å². The van der Waals surface area contributed by atoms with Gasteiger partial charge in [0, 0.05) is 18.8 Å². The fraction of sp³-hybridized carbons (Fsp3) is 0.333. The number of amides is 3. The van der Waals surface area contributed by atoms with Crippen molar-refractivity contribution in [1.82, 2.24) is 4.90 Å². The van der Waals surface area contributed by atoms with Crippen LogP contribution in [0.25, 0.3) is 0 Å². The number of carbonyl (C=O) groups is 2. The summed E-state index contributed by atoms with van der Waals surface area (Å²) in [6, 6.07) is 6.87. The third kappa shape index (κ3) is 4.06. The lowest BCUT2D eigenvalue weighted by Crippen LogP contribution is -2.40. The zero-order valence-corrected chi connectivity index (χ0v) is 10.3. The number of benzene rings is 1. The molecular formula is C12H18N4O2. The lowest BCUT2D eigenvalue weighted by molar-refractivity contribution is -0.118. The number of likely N-dealkylation sites (N-methyl/N-ethyl adjacent to an activating group) is 1. The van der Waals surface area contributed by atoms with Crippen molar-refractivity contribution in [3.8, 4) is 0 Å². The number of nitrogens with one attached hydrogen (secondary N) is 1. The molecule has 1 aromatic carbocycles. The van der Waals surface area contributed by atoms with Gasteiger partial charge in [0.05, 0.1) is 0 Å². The molecule has 0 saturated carbocycles. The van der Waals surface area contributed by atoms with E-state index in [0.717, 1.165) is 5.56 Å². The van der Waals surface area contributed by atoms with Gasteiger partial charge in [-0.25, -0.2) is 4.79 Å². The van der Waals surface area contributed by atoms with Crippen LogP contribution in [0.15, 0.2) is 24.3 Å². The van der Waals surface area contributed by atoms with E-state index in [4.69, 9.17) is 11.5 Å². The van der Waals surface area contributed by atoms with Crippen molar-refractivity contribution in [2.45, 2.75) is 13.5 Å². The normalized spacial score (nSPS) is 9.89. The molecule has 0 atom stereocenters. The van der Waals surface area contributed by atoms with Crippen LogP contribution in [0.4, 0.5) is 10.5 Å². The molecule has 0 aliphatic heterocycles. The maximum Gasteiger partial charge on any atom is 0.322 e. The van der Waals surface area contributed by atoms with Crippen molar-refractivity contribution >= 4 is 17.6 Å². The summed E-state index contributed by atoms with van der Waals surface area (Å²) in [7, 11) is 0. The molecule has 0 spiro atoms. The van der Waals surface area contributed by atoms with Crippen LogP contribution in [0.3, 0.4) is 0 Å². The molecule has 6 heteroatoms. The number of rotatable bonds is 5. The van der Waals surface area contributed by atoms with Gasteiger partial charge in [-0.05, 0) is 24.6 Å². The highest BCUT2D eigenvalue weighted by Gasteiger charge is 2.13. The lowest BCUT2D eigenvalue weighted by atomic mass is 10.2. The molecule has 0 aliphatic carbocycles. The fourth-order valence-electron chi connectivity index (χ4n) is 1.49. The summed E-state index contributed by atoms with van der Waals surface area (Å²) in [5.41, 5.74) is 12.2. The summed E-state index contributed by atoms with van der Waals surface area (Å²) in [6.45, 7) is 2.49. The van der Waals surface area contributed by atoms with E-state index in [1.54, 1.807) is 19.1 Å². The van der Waals surface area contributed by atoms with E-state index in [0.29, 0.717) is 18.8 Å². The number of hydrogen-bond donors (Lipinski definition) is 3. The minimum Gasteiger partial charge on any atom is -0.368 e. The minimum atomic E-state index is -0.539. The molecule has 3 amide bonds. The van der Waals surface area contributed by atoms with Crippen LogP contribution in [0, 0.1) is 0 Å². The highest BCUT2D eigenvalue weighted by atomic mass is 16.2. The van der Waals surface area contributed by atoms with Crippen molar-refractivity contribution < 1.29 is 9.59 Å². The number of carbonyl (C=O) groups excluding carboxylic acids is 2. The smallest absolute Gasteiger partial charge is 0.322 e. The second-order valence-electron chi connectivity index (χ2n) is 3.82. The van der Waals surface area contributed by atoms with Gasteiger partial charge in [0.1, 0.15) is 6.54 Å². The monoisotopic (exact) mass is 250 g/mol. The highest BCUT2D eigenvalue weighted by Crippen LogP contribution is 2.10. The van der Waals surface area contributed by atoms with E-state index in [2.05, 4.69) is 5.32 Å². The van der Waals surface area contributed by atoms with Crippen LogP contribution in [0.5, 0.6) is 0 Å². The van der Waals surface area contributed by atoms with Crippen LogP contribution >= 0.6 is 0 Å². The molecule has 0 saturated heterocycles. The first kappa shape index (κ1) is 14.0. The zero-order chi connectivity index (χ0) is 13.5. The predicted octanol–water partition coefficient (Wildman–Crippen LogP) is 0.484. The predicted molar refractivity (Wildman–Crippen MR) is 69.8 cm³/mol. The van der Waals surface area contributed by atoms with Gasteiger partial charge in [0.25, 0.3) is 0 Å². The van der Waals surface area contributed by atoms with E-state index >= 15 is 0 Å². The molecule has 0 aliphatic rings. The fourth-order valence-corrected chi connectivity index (χ4v) is 1.49. The molecule has 1 aromatic rings. The number of urea groups is 1. The molecule has 6 nitrogen and oxygen atoms in total. The van der Waals surface area contributed by atoms with Gasteiger partial charge < -0.3 is 21.7 Å². The van der Waals surface area contributed by atoms with Gasteiger partial charge in [-0.15, -0.1) is 0 Å². The van der Waals surface area contributed by atoms with E-state index < -0.39 is 5.91 Å². The van der Waals surface area contributed by atoms with Crippen molar-refractivity contribution in [3.63, 3.8) is 0 Å². The zero-order valence-electron chi connectivity index (χ0n) is 10.3. The van der Waals surface area contributed by atoms with Gasteiger partial charge in [-0.1, -0.05) is 12.1 Å². The van der Waals surface area contributed by atoms with E-state index in [9.17, 15) is 9.59 Å². The summed E-state index contributed by atoms with van der Waals surface area (Å²) >= 11 is 0. The summed E-state index contributed by atoms with van der Waals surface area (Å²) in [4.78, 5) is 24.0. The lowest BCUT2D eigenvalue weighted by Gasteiger charge is -2.19. The first-order chi connectivity index (χ1) is 8.56. The van der Waals surface area contributed by atoms with Gasteiger partial charge >= 0.3 is 6.03 Å². The number of primary amides is 1. The molecule has 0 heterocycles. The Bertz CT molecular complexity index is 434. The van der Waals surface area contributed by atoms with Crippen molar-refractivity contribution in [2.24, 2.45) is 11.5 Å². The molecule has 1 rings (SSSR count). The first-order valence-corrected chi connectivity index (χ1v) is 5.70. The minimum absolute atomic E-state index is 0.0983. The average molecular weight is 250 g/mol. The topological polar surface area (TPSA) is 101 Å². The van der Waals surface area contributed by atoms with E-state index in [1.807, 2.05) is 12.1 Å². The standard InChI is InChI=1S/C12H18N4O2/c1-2-16(8-11(14)17)12(18)15-10-5-3-4-9(6-10)7-13/h3-6H,2,7-8,13H2,1H3,(H2,14,17)(H,15,18). The van der Waals surface area contributed by atoms with Crippen LogP contribution < -0.4 is 16.8 Å². The third-order valence-corrected chi connectivity index (χ3v) is 2.43. The Morgan fingerprint density at radius 2 is 2.11 bits per heavy atom. The van der Waals surface area contributed by atoms with Crippen molar-refractivity contribution in [1.29, 1.82) is 0 Å². The molecule has 0 radical (unpaired) electrons. The van der Waals surface area contributed by atoms with Gasteiger partial charge in [0.2, 0.25) is 5.91 Å². The summed E-state index contributed by atoms with van der Waals surface area (Å²) in [5.74, 6) is -0.539. The molecule has 0 bridgehead atoms. The number of nitrogens with two attached hydrogens (primary N) is 2. The van der Waals surface area contributed by atoms with Crippen LogP contribution in [0.2, 0.25) is 0 Å². The second kappa shape index (κ2) is 6.61. The first-order valence-electron chi connectivity index (χ1n) is 5.70. The van der Waals surface area contributed by atoms with E-state index in [-0.39, 0.29) is 12.6 Å². The maximum absolute atomic E-state index is 11.9. The molecule has 0 unspecified atom stereocenters. The Hall–Kier alpha value is -2.08. The Kier molecular flexibility index (Phi) is 5.13. The third-order valence-electron chi connectivity index (χ3n) is 2.43. The number of nitrogens with zero attached hydrogens (tertiary/aromatic N) is 1. The van der Waals surface area contributed by atoms with Crippen LogP contribution in [-0.4, -0.2) is 29.9 Å². The Morgan fingerprint density at radius 3 is 2.67 bits per heavy atom. The molecule has 5 N–H and O–H groups in total. The summed E-state index contributed by atoms with van der Waals surface area (Å²) < 4.78 is 0. The molecule has 18 heavy (non-hydrogen) atoms. The van der Waals surface area contributed by atoms with Gasteiger partial charge in [-0.2, -0.15) is 0 Å². The van der Waals surface area contributed by atoms with Gasteiger partial charge in [-0.3, -0.25) is 4.79 Å². The Balaban J connectivity index is 2.69. The largest absolute Gasteiger partial charge is 0.368 e. The number of anilines is 1. The average Bonchev–Trinajstić information content (AvgIpc) is 2.35. The Morgan fingerprint density at radius 1 is 1.39 bits per heavy atom. The van der Waals surface area contributed by atoms with Crippen LogP contribution in [-0.2, 0) is 11.3 Å². The quantitative estimate of drug-likeness (QED) is 0.708. The van der Waals surface area contributed by atoms with Crippen LogP contribution in [0.1, 0.15) is 12.5 Å². The molecular weight excluding hydrogens is 232 g/mol. The summed E-state index contributed by atoms with van der Waals surface area (Å²) in [6.07, 6.45) is 0. The van der Waals surface area contributed by atoms with Crippen molar-refractivity contribution in [3.05, 3.63) is 29.8 Å².